The number of benzene rings is 1. The molecule has 0 aliphatic carbocycles. The van der Waals surface area contributed by atoms with Crippen LogP contribution in [0.15, 0.2) is 42.6 Å². The van der Waals surface area contributed by atoms with Gasteiger partial charge in [-0.25, -0.2) is 0 Å². The van der Waals surface area contributed by atoms with Crippen LogP contribution in [0.4, 0.5) is 0 Å². The lowest BCUT2D eigenvalue weighted by Gasteiger charge is -2.38. The monoisotopic (exact) mass is 387 g/mol. The van der Waals surface area contributed by atoms with E-state index in [-0.39, 0.29) is 24.3 Å². The van der Waals surface area contributed by atoms with Gasteiger partial charge in [-0.3, -0.25) is 9.59 Å². The Morgan fingerprint density at radius 3 is 2.48 bits per heavy atom. The molecule has 7 heteroatoms. The lowest BCUT2D eigenvalue weighted by atomic mass is 9.99. The van der Waals surface area contributed by atoms with Gasteiger partial charge in [0.15, 0.2) is 0 Å². The molecule has 2 aliphatic heterocycles. The van der Waals surface area contributed by atoms with Crippen LogP contribution in [0.5, 0.6) is 0 Å². The van der Waals surface area contributed by atoms with Crippen LogP contribution < -0.4 is 0 Å². The molecule has 0 spiro atoms. The molecule has 1 atom stereocenters. The Hall–Kier alpha value is -2.31. The average molecular weight is 388 g/mol. The molecule has 3 heterocycles. The predicted octanol–water partition coefficient (Wildman–Crippen LogP) is 2.32. The Balaban J connectivity index is 1.57. The SMILES string of the molecule is O=C(CC(=O)N1CCn2cccc2[C@H]1c1ccc(Cl)cc1)N1CCOCC1. The molecule has 1 aromatic carbocycles. The van der Waals surface area contributed by atoms with Crippen LogP contribution in [-0.2, 0) is 20.9 Å². The Kier molecular flexibility index (Phi) is 5.18. The van der Waals surface area contributed by atoms with Gasteiger partial charge in [0, 0.05) is 43.1 Å². The third-order valence-electron chi connectivity index (χ3n) is 5.21. The van der Waals surface area contributed by atoms with Crippen LogP contribution in [0.2, 0.25) is 5.02 Å². The Morgan fingerprint density at radius 2 is 1.74 bits per heavy atom. The van der Waals surface area contributed by atoms with Crippen LogP contribution in [0.3, 0.4) is 0 Å². The first kappa shape index (κ1) is 18.1. The molecule has 1 saturated heterocycles. The molecule has 1 aromatic heterocycles. The molecule has 0 N–H and O–H groups in total. The fraction of sp³-hybridized carbons (Fsp3) is 0.400. The van der Waals surface area contributed by atoms with Crippen molar-refractivity contribution < 1.29 is 14.3 Å². The fourth-order valence-corrected chi connectivity index (χ4v) is 3.93. The van der Waals surface area contributed by atoms with Crippen LogP contribution in [0, 0.1) is 0 Å². The summed E-state index contributed by atoms with van der Waals surface area (Å²) in [5.74, 6) is -0.266. The first-order valence-corrected chi connectivity index (χ1v) is 9.57. The smallest absolute Gasteiger partial charge is 0.232 e. The summed E-state index contributed by atoms with van der Waals surface area (Å²) < 4.78 is 7.44. The Morgan fingerprint density at radius 1 is 1.00 bits per heavy atom. The number of hydrogen-bond acceptors (Lipinski definition) is 3. The van der Waals surface area contributed by atoms with Crippen molar-refractivity contribution in [3.63, 3.8) is 0 Å². The number of fused-ring (bicyclic) bond motifs is 1. The van der Waals surface area contributed by atoms with Crippen LogP contribution >= 0.6 is 11.6 Å². The molecule has 27 heavy (non-hydrogen) atoms. The number of carbonyl (C=O) groups is 2. The topological polar surface area (TPSA) is 54.8 Å². The number of amides is 2. The van der Waals surface area contributed by atoms with Gasteiger partial charge in [-0.05, 0) is 29.8 Å². The van der Waals surface area contributed by atoms with E-state index in [0.29, 0.717) is 37.9 Å². The lowest BCUT2D eigenvalue weighted by Crippen LogP contribution is -2.46. The summed E-state index contributed by atoms with van der Waals surface area (Å²) in [7, 11) is 0. The molecule has 1 fully saturated rings. The fourth-order valence-electron chi connectivity index (χ4n) is 3.80. The van der Waals surface area contributed by atoms with E-state index < -0.39 is 0 Å². The highest BCUT2D eigenvalue weighted by Gasteiger charge is 2.33. The molecule has 6 nitrogen and oxygen atoms in total. The van der Waals surface area contributed by atoms with Crippen LogP contribution in [0.25, 0.3) is 0 Å². The zero-order valence-electron chi connectivity index (χ0n) is 15.0. The van der Waals surface area contributed by atoms with E-state index in [2.05, 4.69) is 4.57 Å². The van der Waals surface area contributed by atoms with E-state index in [1.54, 1.807) is 4.90 Å². The van der Waals surface area contributed by atoms with E-state index >= 15 is 0 Å². The summed E-state index contributed by atoms with van der Waals surface area (Å²) in [6.07, 6.45) is 1.92. The molecule has 4 rings (SSSR count). The molecule has 2 aliphatic rings. The second-order valence-electron chi connectivity index (χ2n) is 6.84. The van der Waals surface area contributed by atoms with Gasteiger partial charge in [-0.15, -0.1) is 0 Å². The quantitative estimate of drug-likeness (QED) is 0.759. The highest BCUT2D eigenvalue weighted by molar-refractivity contribution is 6.30. The Labute approximate surface area is 163 Å². The van der Waals surface area contributed by atoms with E-state index in [9.17, 15) is 9.59 Å². The number of hydrogen-bond donors (Lipinski definition) is 0. The van der Waals surface area contributed by atoms with Gasteiger partial charge < -0.3 is 19.1 Å². The van der Waals surface area contributed by atoms with Crippen molar-refractivity contribution in [1.82, 2.24) is 14.4 Å². The van der Waals surface area contributed by atoms with Gasteiger partial charge in [-0.1, -0.05) is 23.7 Å². The number of ether oxygens (including phenoxy) is 1. The molecule has 0 radical (unpaired) electrons. The van der Waals surface area contributed by atoms with Gasteiger partial charge in [0.1, 0.15) is 6.42 Å². The molecular weight excluding hydrogens is 366 g/mol. The minimum atomic E-state index is -0.212. The second kappa shape index (κ2) is 7.74. The lowest BCUT2D eigenvalue weighted by molar-refractivity contribution is -0.144. The average Bonchev–Trinajstić information content (AvgIpc) is 3.17. The molecule has 2 aromatic rings. The number of halogens is 1. The summed E-state index contributed by atoms with van der Waals surface area (Å²) in [6.45, 7) is 3.47. The largest absolute Gasteiger partial charge is 0.378 e. The number of rotatable bonds is 3. The highest BCUT2D eigenvalue weighted by Crippen LogP contribution is 2.33. The Bertz CT molecular complexity index is 827. The van der Waals surface area contributed by atoms with E-state index in [0.717, 1.165) is 17.8 Å². The zero-order valence-corrected chi connectivity index (χ0v) is 15.8. The molecule has 142 valence electrons. The molecule has 2 amide bonds. The summed E-state index contributed by atoms with van der Waals surface area (Å²) in [6, 6.07) is 11.4. The maximum atomic E-state index is 13.0. The number of nitrogens with zero attached hydrogens (tertiary/aromatic N) is 3. The second-order valence-corrected chi connectivity index (χ2v) is 7.27. The number of aromatic nitrogens is 1. The molecule has 0 saturated carbocycles. The van der Waals surface area contributed by atoms with Crippen LogP contribution in [-0.4, -0.2) is 59.0 Å². The van der Waals surface area contributed by atoms with Crippen LogP contribution in [0.1, 0.15) is 23.7 Å². The van der Waals surface area contributed by atoms with Crippen molar-refractivity contribution in [1.29, 1.82) is 0 Å². The number of morpholine rings is 1. The number of carbonyl (C=O) groups excluding carboxylic acids is 2. The van der Waals surface area contributed by atoms with Crippen molar-refractivity contribution in [2.75, 3.05) is 32.8 Å². The first-order valence-electron chi connectivity index (χ1n) is 9.19. The van der Waals surface area contributed by atoms with Crippen molar-refractivity contribution in [2.24, 2.45) is 0 Å². The summed E-state index contributed by atoms with van der Waals surface area (Å²) in [4.78, 5) is 29.1. The zero-order chi connectivity index (χ0) is 18.8. The minimum absolute atomic E-state index is 0.106. The third kappa shape index (κ3) is 3.73. The maximum absolute atomic E-state index is 13.0. The summed E-state index contributed by atoms with van der Waals surface area (Å²) in [5.41, 5.74) is 2.04. The standard InChI is InChI=1S/C20H22ClN3O3/c21-16-5-3-15(4-6-16)20-17-2-1-7-22(17)8-9-24(20)19(26)14-18(25)23-10-12-27-13-11-23/h1-7,20H,8-14H2/t20-/m1/s1. The van der Waals surface area contributed by atoms with Crippen molar-refractivity contribution >= 4 is 23.4 Å². The predicted molar refractivity (Wildman–Crippen MR) is 101 cm³/mol. The summed E-state index contributed by atoms with van der Waals surface area (Å²) >= 11 is 6.04. The van der Waals surface area contributed by atoms with E-state index in [1.165, 1.54) is 0 Å². The summed E-state index contributed by atoms with van der Waals surface area (Å²) in [5, 5.41) is 0.658. The van der Waals surface area contributed by atoms with Gasteiger partial charge in [-0.2, -0.15) is 0 Å². The van der Waals surface area contributed by atoms with Gasteiger partial charge >= 0.3 is 0 Å². The van der Waals surface area contributed by atoms with Gasteiger partial charge in [0.05, 0.1) is 19.3 Å². The minimum Gasteiger partial charge on any atom is -0.378 e. The maximum Gasteiger partial charge on any atom is 0.232 e. The van der Waals surface area contributed by atoms with E-state index in [1.807, 2.05) is 47.5 Å². The molecular formula is C20H22ClN3O3. The molecule has 0 unspecified atom stereocenters. The van der Waals surface area contributed by atoms with Crippen molar-refractivity contribution in [2.45, 2.75) is 19.0 Å². The van der Waals surface area contributed by atoms with Crippen molar-refractivity contribution in [3.05, 3.63) is 58.9 Å². The van der Waals surface area contributed by atoms with Gasteiger partial charge in [0.25, 0.3) is 0 Å². The van der Waals surface area contributed by atoms with E-state index in [4.69, 9.17) is 16.3 Å². The molecule has 0 bridgehead atoms. The highest BCUT2D eigenvalue weighted by atomic mass is 35.5. The third-order valence-corrected chi connectivity index (χ3v) is 5.46. The normalized spacial score (nSPS) is 19.7. The first-order chi connectivity index (χ1) is 13.1. The van der Waals surface area contributed by atoms with Gasteiger partial charge in [0.2, 0.25) is 11.8 Å². The van der Waals surface area contributed by atoms with Crippen molar-refractivity contribution in [3.8, 4) is 0 Å².